The molecular formula is C27H28ClN3O5S. The number of hydrogen-bond donors (Lipinski definition) is 0. The Balaban J connectivity index is 1.62. The zero-order valence-electron chi connectivity index (χ0n) is 20.7. The monoisotopic (exact) mass is 541 g/mol. The Morgan fingerprint density at radius 1 is 1.22 bits per heavy atom. The molecule has 1 atom stereocenters. The third-order valence-corrected chi connectivity index (χ3v) is 7.76. The smallest absolute Gasteiger partial charge is 0.273 e. The van der Waals surface area contributed by atoms with E-state index in [9.17, 15) is 19.7 Å². The minimum Gasteiger partial charge on any atom is -0.385 e. The zero-order chi connectivity index (χ0) is 26.5. The first kappa shape index (κ1) is 26.8. The standard InChI is InChI=1S/C27H28ClN3O5S/c1-18-4-5-20(16-23(18)31(34)35)27(33)29(12-3-14-36-2)17-25(32)30-13-10-24-22(11-15-37-24)26(30)19-6-8-21(28)9-7-19/h4-9,11,15-16,26H,3,10,12-14,17H2,1-2H3. The van der Waals surface area contributed by atoms with Crippen LogP contribution in [0.5, 0.6) is 0 Å². The topological polar surface area (TPSA) is 93.0 Å². The second-order valence-corrected chi connectivity index (χ2v) is 10.4. The molecule has 0 radical (unpaired) electrons. The molecule has 37 heavy (non-hydrogen) atoms. The number of aryl methyl sites for hydroxylation is 1. The van der Waals surface area contributed by atoms with Crippen molar-refractivity contribution in [1.82, 2.24) is 9.80 Å². The van der Waals surface area contributed by atoms with Gasteiger partial charge in [-0.1, -0.05) is 29.8 Å². The van der Waals surface area contributed by atoms with E-state index < -0.39 is 10.8 Å². The maximum Gasteiger partial charge on any atom is 0.273 e. The molecule has 10 heteroatoms. The lowest BCUT2D eigenvalue weighted by Crippen LogP contribution is -2.47. The van der Waals surface area contributed by atoms with E-state index in [1.165, 1.54) is 15.8 Å². The molecule has 2 amide bonds. The van der Waals surface area contributed by atoms with E-state index in [0.29, 0.717) is 30.2 Å². The molecule has 0 bridgehead atoms. The van der Waals surface area contributed by atoms with E-state index in [2.05, 4.69) is 0 Å². The highest BCUT2D eigenvalue weighted by molar-refractivity contribution is 7.10. The van der Waals surface area contributed by atoms with E-state index in [-0.39, 0.29) is 36.3 Å². The summed E-state index contributed by atoms with van der Waals surface area (Å²) < 4.78 is 5.15. The average molecular weight is 542 g/mol. The number of halogens is 1. The van der Waals surface area contributed by atoms with Gasteiger partial charge in [0.1, 0.15) is 6.54 Å². The molecule has 0 spiro atoms. The maximum absolute atomic E-state index is 13.8. The summed E-state index contributed by atoms with van der Waals surface area (Å²) in [5.74, 6) is -0.618. The van der Waals surface area contributed by atoms with Gasteiger partial charge in [0.25, 0.3) is 11.6 Å². The molecule has 0 N–H and O–H groups in total. The van der Waals surface area contributed by atoms with E-state index in [0.717, 1.165) is 17.5 Å². The van der Waals surface area contributed by atoms with Crippen LogP contribution in [0.1, 0.15) is 44.4 Å². The second-order valence-electron chi connectivity index (χ2n) is 8.92. The quantitative estimate of drug-likeness (QED) is 0.209. The SMILES string of the molecule is COCCCN(CC(=O)N1CCc2sccc2C1c1ccc(Cl)cc1)C(=O)c1ccc(C)c([N+](=O)[O-])c1. The number of rotatable bonds is 9. The molecule has 0 fully saturated rings. The summed E-state index contributed by atoms with van der Waals surface area (Å²) in [6, 6.07) is 13.6. The van der Waals surface area contributed by atoms with Crippen LogP contribution in [0.4, 0.5) is 5.69 Å². The number of amides is 2. The van der Waals surface area contributed by atoms with Gasteiger partial charge in [-0.2, -0.15) is 0 Å². The summed E-state index contributed by atoms with van der Waals surface area (Å²) >= 11 is 7.79. The molecule has 8 nitrogen and oxygen atoms in total. The third kappa shape index (κ3) is 6.01. The summed E-state index contributed by atoms with van der Waals surface area (Å²) in [7, 11) is 1.57. The van der Waals surface area contributed by atoms with Crippen molar-refractivity contribution in [3.8, 4) is 0 Å². The predicted octanol–water partition coefficient (Wildman–Crippen LogP) is 5.27. The molecule has 1 unspecified atom stereocenters. The van der Waals surface area contributed by atoms with Gasteiger partial charge in [0.15, 0.2) is 0 Å². The number of carbonyl (C=O) groups is 2. The van der Waals surface area contributed by atoms with Crippen molar-refractivity contribution in [1.29, 1.82) is 0 Å². The van der Waals surface area contributed by atoms with Gasteiger partial charge >= 0.3 is 0 Å². The van der Waals surface area contributed by atoms with Crippen molar-refractivity contribution < 1.29 is 19.2 Å². The largest absolute Gasteiger partial charge is 0.385 e. The first-order chi connectivity index (χ1) is 17.8. The number of nitrogens with zero attached hydrogens (tertiary/aromatic N) is 3. The van der Waals surface area contributed by atoms with E-state index in [1.807, 2.05) is 40.6 Å². The maximum atomic E-state index is 13.8. The van der Waals surface area contributed by atoms with E-state index in [1.54, 1.807) is 37.5 Å². The Morgan fingerprint density at radius 3 is 2.68 bits per heavy atom. The lowest BCUT2D eigenvalue weighted by molar-refractivity contribution is -0.385. The average Bonchev–Trinajstić information content (AvgIpc) is 3.37. The van der Waals surface area contributed by atoms with Crippen LogP contribution >= 0.6 is 22.9 Å². The summed E-state index contributed by atoms with van der Waals surface area (Å²) in [5.41, 5.74) is 2.55. The number of hydrogen-bond acceptors (Lipinski definition) is 6. The van der Waals surface area contributed by atoms with E-state index >= 15 is 0 Å². The number of methoxy groups -OCH3 is 1. The lowest BCUT2D eigenvalue weighted by atomic mass is 9.93. The Hall–Kier alpha value is -3.27. The zero-order valence-corrected chi connectivity index (χ0v) is 22.3. The van der Waals surface area contributed by atoms with Gasteiger partial charge in [-0.05, 0) is 60.5 Å². The number of fused-ring (bicyclic) bond motifs is 1. The minimum absolute atomic E-state index is 0.127. The fourth-order valence-corrected chi connectivity index (χ4v) is 5.65. The molecule has 194 valence electrons. The van der Waals surface area contributed by atoms with Crippen molar-refractivity contribution >= 4 is 40.4 Å². The molecule has 2 heterocycles. The molecule has 4 rings (SSSR count). The normalized spacial score (nSPS) is 14.8. The van der Waals surface area contributed by atoms with Crippen LogP contribution in [0.3, 0.4) is 0 Å². The van der Waals surface area contributed by atoms with Gasteiger partial charge in [-0.15, -0.1) is 11.3 Å². The first-order valence-corrected chi connectivity index (χ1v) is 13.2. The van der Waals surface area contributed by atoms with Crippen LogP contribution in [0.2, 0.25) is 5.02 Å². The van der Waals surface area contributed by atoms with Gasteiger partial charge in [-0.3, -0.25) is 19.7 Å². The van der Waals surface area contributed by atoms with Crippen LogP contribution in [0, 0.1) is 17.0 Å². The molecule has 0 aliphatic carbocycles. The first-order valence-electron chi connectivity index (χ1n) is 11.9. The molecular weight excluding hydrogens is 514 g/mol. The highest BCUT2D eigenvalue weighted by Crippen LogP contribution is 2.38. The summed E-state index contributed by atoms with van der Waals surface area (Å²) in [5, 5.41) is 14.1. The molecule has 1 aliphatic heterocycles. The summed E-state index contributed by atoms with van der Waals surface area (Å²) in [6.07, 6.45) is 1.27. The van der Waals surface area contributed by atoms with Gasteiger partial charge in [0, 0.05) is 53.9 Å². The van der Waals surface area contributed by atoms with Crippen molar-refractivity contribution in [3.63, 3.8) is 0 Å². The summed E-state index contributed by atoms with van der Waals surface area (Å²) in [6.45, 7) is 2.70. The highest BCUT2D eigenvalue weighted by Gasteiger charge is 2.34. The fourth-order valence-electron chi connectivity index (χ4n) is 4.62. The van der Waals surface area contributed by atoms with Crippen LogP contribution in [0.15, 0.2) is 53.9 Å². The Morgan fingerprint density at radius 2 is 1.97 bits per heavy atom. The molecule has 3 aromatic rings. The Bertz CT molecular complexity index is 1290. The fraction of sp³-hybridized carbons (Fsp3) is 0.333. The van der Waals surface area contributed by atoms with Crippen molar-refractivity contribution in [3.05, 3.63) is 96.2 Å². The molecule has 0 saturated heterocycles. The number of carbonyl (C=O) groups excluding carboxylic acids is 2. The lowest BCUT2D eigenvalue weighted by Gasteiger charge is -2.37. The van der Waals surface area contributed by atoms with Crippen LogP contribution in [-0.4, -0.2) is 59.9 Å². The Labute approximate surface area is 224 Å². The van der Waals surface area contributed by atoms with Gasteiger partial charge < -0.3 is 14.5 Å². The Kier molecular flexibility index (Phi) is 8.58. The molecule has 1 aromatic heterocycles. The number of ether oxygens (including phenoxy) is 1. The minimum atomic E-state index is -0.505. The second kappa shape index (κ2) is 11.9. The predicted molar refractivity (Wildman–Crippen MR) is 143 cm³/mol. The highest BCUT2D eigenvalue weighted by atomic mass is 35.5. The van der Waals surface area contributed by atoms with Crippen molar-refractivity contribution in [2.24, 2.45) is 0 Å². The summed E-state index contributed by atoms with van der Waals surface area (Å²) in [4.78, 5) is 42.7. The van der Waals surface area contributed by atoms with Crippen molar-refractivity contribution in [2.75, 3.05) is 33.4 Å². The van der Waals surface area contributed by atoms with Gasteiger partial charge in [0.05, 0.1) is 11.0 Å². The number of nitro benzene ring substituents is 1. The van der Waals surface area contributed by atoms with Crippen LogP contribution in [0.25, 0.3) is 0 Å². The van der Waals surface area contributed by atoms with Crippen LogP contribution in [-0.2, 0) is 16.0 Å². The molecule has 0 saturated carbocycles. The van der Waals surface area contributed by atoms with E-state index in [4.69, 9.17) is 16.3 Å². The molecule has 1 aliphatic rings. The van der Waals surface area contributed by atoms with Gasteiger partial charge in [-0.25, -0.2) is 0 Å². The number of nitro groups is 1. The number of benzene rings is 2. The van der Waals surface area contributed by atoms with Gasteiger partial charge in [0.2, 0.25) is 5.91 Å². The molecule has 2 aromatic carbocycles. The van der Waals surface area contributed by atoms with Crippen molar-refractivity contribution in [2.45, 2.75) is 25.8 Å². The third-order valence-electron chi connectivity index (χ3n) is 6.51. The van der Waals surface area contributed by atoms with Crippen LogP contribution < -0.4 is 0 Å². The number of thiophene rings is 1.